The van der Waals surface area contributed by atoms with Crippen LogP contribution in [0, 0.1) is 0 Å². The van der Waals surface area contributed by atoms with Gasteiger partial charge in [-0.15, -0.1) is 0 Å². The fraction of sp³-hybridized carbons (Fsp3) is 0.778. The molecule has 1 unspecified atom stereocenters. The third-order valence-electron chi connectivity index (χ3n) is 2.53. The molecular formula is C9H15NO5S. The van der Waals surface area contributed by atoms with Crippen LogP contribution in [0.15, 0.2) is 0 Å². The molecule has 1 saturated heterocycles. The van der Waals surface area contributed by atoms with Gasteiger partial charge in [0.1, 0.15) is 15.9 Å². The van der Waals surface area contributed by atoms with E-state index in [1.165, 1.54) is 4.90 Å². The molecule has 0 aromatic rings. The van der Waals surface area contributed by atoms with E-state index < -0.39 is 21.8 Å². The molecule has 1 rings (SSSR count). The van der Waals surface area contributed by atoms with Gasteiger partial charge in [-0.05, 0) is 12.8 Å². The van der Waals surface area contributed by atoms with E-state index in [4.69, 9.17) is 5.11 Å². The third-order valence-corrected chi connectivity index (χ3v) is 3.51. The Morgan fingerprint density at radius 1 is 1.56 bits per heavy atom. The summed E-state index contributed by atoms with van der Waals surface area (Å²) in [7, 11) is -3.20. The molecule has 1 aliphatic rings. The van der Waals surface area contributed by atoms with Gasteiger partial charge in [0.15, 0.2) is 0 Å². The molecule has 16 heavy (non-hydrogen) atoms. The lowest BCUT2D eigenvalue weighted by molar-refractivity contribution is -0.148. The molecule has 0 radical (unpaired) electrons. The first-order chi connectivity index (χ1) is 7.31. The van der Waals surface area contributed by atoms with Crippen molar-refractivity contribution in [2.75, 3.05) is 18.6 Å². The maximum atomic E-state index is 11.4. The van der Waals surface area contributed by atoms with E-state index in [9.17, 15) is 18.0 Å². The number of sulfone groups is 1. The van der Waals surface area contributed by atoms with Gasteiger partial charge in [0.25, 0.3) is 0 Å². The molecule has 0 aliphatic carbocycles. The standard InChI is InChI=1S/C9H15NO5S/c1-16(14,15)6-4-7(9(12)13)10-5-2-3-8(10)11/h7H,2-6H2,1H3,(H,12,13). The molecule has 0 aromatic carbocycles. The summed E-state index contributed by atoms with van der Waals surface area (Å²) in [5, 5.41) is 8.96. The van der Waals surface area contributed by atoms with Crippen LogP contribution in [0.4, 0.5) is 0 Å². The minimum absolute atomic E-state index is 0.0418. The van der Waals surface area contributed by atoms with Crippen molar-refractivity contribution in [3.8, 4) is 0 Å². The fourth-order valence-electron chi connectivity index (χ4n) is 1.74. The van der Waals surface area contributed by atoms with Crippen molar-refractivity contribution in [2.45, 2.75) is 25.3 Å². The molecule has 1 fully saturated rings. The molecule has 1 heterocycles. The lowest BCUT2D eigenvalue weighted by atomic mass is 10.2. The second-order valence-corrected chi connectivity index (χ2v) is 6.22. The zero-order chi connectivity index (χ0) is 12.3. The first-order valence-corrected chi connectivity index (χ1v) is 7.07. The maximum absolute atomic E-state index is 11.4. The van der Waals surface area contributed by atoms with Crippen LogP contribution in [0.1, 0.15) is 19.3 Å². The molecular weight excluding hydrogens is 234 g/mol. The smallest absolute Gasteiger partial charge is 0.326 e. The number of hydrogen-bond donors (Lipinski definition) is 1. The van der Waals surface area contributed by atoms with E-state index in [2.05, 4.69) is 0 Å². The van der Waals surface area contributed by atoms with Crippen LogP contribution < -0.4 is 0 Å². The SMILES string of the molecule is CS(=O)(=O)CCC(C(=O)O)N1CCCC1=O. The average Bonchev–Trinajstić information content (AvgIpc) is 2.50. The van der Waals surface area contributed by atoms with Crippen LogP contribution >= 0.6 is 0 Å². The largest absolute Gasteiger partial charge is 0.480 e. The molecule has 0 bridgehead atoms. The van der Waals surface area contributed by atoms with Crippen LogP contribution in [0.25, 0.3) is 0 Å². The van der Waals surface area contributed by atoms with Gasteiger partial charge in [-0.3, -0.25) is 4.79 Å². The Labute approximate surface area is 94.2 Å². The van der Waals surface area contributed by atoms with Crippen molar-refractivity contribution in [2.24, 2.45) is 0 Å². The topological polar surface area (TPSA) is 91.8 Å². The summed E-state index contributed by atoms with van der Waals surface area (Å²) in [6.45, 7) is 0.402. The molecule has 6 nitrogen and oxygen atoms in total. The van der Waals surface area contributed by atoms with Gasteiger partial charge >= 0.3 is 5.97 Å². The second-order valence-electron chi connectivity index (χ2n) is 3.96. The van der Waals surface area contributed by atoms with Crippen LogP contribution in [0.5, 0.6) is 0 Å². The van der Waals surface area contributed by atoms with Gasteiger partial charge in [-0.1, -0.05) is 0 Å². The Hall–Kier alpha value is -1.11. The van der Waals surface area contributed by atoms with Gasteiger partial charge in [0, 0.05) is 19.2 Å². The molecule has 0 saturated carbocycles. The van der Waals surface area contributed by atoms with Crippen molar-refractivity contribution >= 4 is 21.7 Å². The number of hydrogen-bond acceptors (Lipinski definition) is 4. The van der Waals surface area contributed by atoms with E-state index in [1.807, 2.05) is 0 Å². The highest BCUT2D eigenvalue weighted by Crippen LogP contribution is 2.16. The van der Waals surface area contributed by atoms with Crippen molar-refractivity contribution in [1.29, 1.82) is 0 Å². The van der Waals surface area contributed by atoms with Crippen LogP contribution in [-0.2, 0) is 19.4 Å². The minimum Gasteiger partial charge on any atom is -0.480 e. The molecule has 1 aliphatic heterocycles. The van der Waals surface area contributed by atoms with E-state index in [1.54, 1.807) is 0 Å². The first kappa shape index (κ1) is 13.0. The van der Waals surface area contributed by atoms with Gasteiger partial charge in [-0.2, -0.15) is 0 Å². The summed E-state index contributed by atoms with van der Waals surface area (Å²) < 4.78 is 21.9. The molecule has 7 heteroatoms. The lowest BCUT2D eigenvalue weighted by Gasteiger charge is -2.23. The number of carbonyl (C=O) groups excluding carboxylic acids is 1. The Bertz CT molecular complexity index is 389. The van der Waals surface area contributed by atoms with Crippen molar-refractivity contribution in [3.63, 3.8) is 0 Å². The van der Waals surface area contributed by atoms with E-state index in [-0.39, 0.29) is 18.1 Å². The number of carbonyl (C=O) groups is 2. The lowest BCUT2D eigenvalue weighted by Crippen LogP contribution is -2.42. The molecule has 0 spiro atoms. The number of carboxylic acid groups (broad SMARTS) is 1. The van der Waals surface area contributed by atoms with Crippen molar-refractivity contribution in [1.82, 2.24) is 4.90 Å². The summed E-state index contributed by atoms with van der Waals surface area (Å²) in [5.74, 6) is -1.56. The van der Waals surface area contributed by atoms with Gasteiger partial charge in [0.05, 0.1) is 5.75 Å². The van der Waals surface area contributed by atoms with Crippen molar-refractivity contribution in [3.05, 3.63) is 0 Å². The van der Waals surface area contributed by atoms with Gasteiger partial charge < -0.3 is 10.0 Å². The summed E-state index contributed by atoms with van der Waals surface area (Å²) in [5.41, 5.74) is 0. The average molecular weight is 249 g/mol. The number of nitrogens with zero attached hydrogens (tertiary/aromatic N) is 1. The first-order valence-electron chi connectivity index (χ1n) is 5.01. The second kappa shape index (κ2) is 4.82. The molecule has 92 valence electrons. The monoisotopic (exact) mass is 249 g/mol. The fourth-order valence-corrected chi connectivity index (χ4v) is 2.39. The third kappa shape index (κ3) is 3.48. The zero-order valence-corrected chi connectivity index (χ0v) is 9.87. The van der Waals surface area contributed by atoms with E-state index >= 15 is 0 Å². The molecule has 1 amide bonds. The quantitative estimate of drug-likeness (QED) is 0.709. The molecule has 1 N–H and O–H groups in total. The number of aliphatic carboxylic acids is 1. The highest BCUT2D eigenvalue weighted by atomic mass is 32.2. The number of amides is 1. The Morgan fingerprint density at radius 3 is 2.56 bits per heavy atom. The zero-order valence-electron chi connectivity index (χ0n) is 9.05. The Balaban J connectivity index is 2.68. The highest BCUT2D eigenvalue weighted by molar-refractivity contribution is 7.90. The summed E-state index contributed by atoms with van der Waals surface area (Å²) in [6.07, 6.45) is 2.00. The predicted molar refractivity (Wildman–Crippen MR) is 56.7 cm³/mol. The Kier molecular flexibility index (Phi) is 3.90. The van der Waals surface area contributed by atoms with Crippen LogP contribution in [0.3, 0.4) is 0 Å². The van der Waals surface area contributed by atoms with E-state index in [0.29, 0.717) is 19.4 Å². The molecule has 1 atom stereocenters. The Morgan fingerprint density at radius 2 is 2.19 bits per heavy atom. The number of carboxylic acids is 1. The van der Waals surface area contributed by atoms with Crippen molar-refractivity contribution < 1.29 is 23.1 Å². The minimum atomic E-state index is -3.20. The highest BCUT2D eigenvalue weighted by Gasteiger charge is 2.32. The summed E-state index contributed by atoms with van der Waals surface area (Å²) in [4.78, 5) is 23.6. The molecule has 0 aromatic heterocycles. The van der Waals surface area contributed by atoms with Gasteiger partial charge in [-0.25, -0.2) is 13.2 Å². The summed E-state index contributed by atoms with van der Waals surface area (Å²) >= 11 is 0. The van der Waals surface area contributed by atoms with Crippen LogP contribution in [-0.4, -0.2) is 54.9 Å². The maximum Gasteiger partial charge on any atom is 0.326 e. The van der Waals surface area contributed by atoms with E-state index in [0.717, 1.165) is 6.26 Å². The normalized spacial score (nSPS) is 18.8. The number of rotatable bonds is 5. The van der Waals surface area contributed by atoms with Gasteiger partial charge in [0.2, 0.25) is 5.91 Å². The predicted octanol–water partition coefficient (Wildman–Crippen LogP) is -0.503. The van der Waals surface area contributed by atoms with Crippen LogP contribution in [0.2, 0.25) is 0 Å². The summed E-state index contributed by atoms with van der Waals surface area (Å²) in [6, 6.07) is -1.01. The number of likely N-dealkylation sites (tertiary alicyclic amines) is 1.